The van der Waals surface area contributed by atoms with Crippen molar-refractivity contribution in [1.29, 1.82) is 0 Å². The molecule has 0 radical (unpaired) electrons. The highest BCUT2D eigenvalue weighted by atomic mass is 79.9. The van der Waals surface area contributed by atoms with Crippen LogP contribution >= 0.6 is 15.9 Å². The molecule has 0 aliphatic heterocycles. The van der Waals surface area contributed by atoms with E-state index >= 15 is 0 Å². The molecule has 3 heteroatoms. The Bertz CT molecular complexity index is 562. The first kappa shape index (κ1) is 14.9. The lowest BCUT2D eigenvalue weighted by atomic mass is 10.0. The molecule has 20 heavy (non-hydrogen) atoms. The van der Waals surface area contributed by atoms with Gasteiger partial charge in [0.2, 0.25) is 0 Å². The van der Waals surface area contributed by atoms with Crippen molar-refractivity contribution in [2.45, 2.75) is 26.2 Å². The highest BCUT2D eigenvalue weighted by molar-refractivity contribution is 9.10. The summed E-state index contributed by atoms with van der Waals surface area (Å²) in [5.74, 6) is 0.588. The van der Waals surface area contributed by atoms with Gasteiger partial charge in [-0.2, -0.15) is 0 Å². The van der Waals surface area contributed by atoms with Gasteiger partial charge in [-0.05, 0) is 41.7 Å². The van der Waals surface area contributed by atoms with Gasteiger partial charge in [0.15, 0.2) is 0 Å². The van der Waals surface area contributed by atoms with Gasteiger partial charge in [0.25, 0.3) is 0 Å². The molecule has 0 spiro atoms. The topological polar surface area (TPSA) is 38.0 Å². The van der Waals surface area contributed by atoms with Crippen LogP contribution < -0.4 is 11.1 Å². The SMILES string of the molecule is CC(C)c1ccc(CCNc2ccc(Br)cc2N)cc1. The summed E-state index contributed by atoms with van der Waals surface area (Å²) >= 11 is 3.41. The molecule has 0 fully saturated rings. The predicted octanol–water partition coefficient (Wildman–Crippen LogP) is 4.81. The number of benzene rings is 2. The standard InChI is InChI=1S/C17H21BrN2/c1-12(2)14-5-3-13(4-6-14)9-10-20-17-8-7-15(18)11-16(17)19/h3-8,11-12,20H,9-10,19H2,1-2H3. The van der Waals surface area contributed by atoms with Crippen LogP contribution in [-0.4, -0.2) is 6.54 Å². The van der Waals surface area contributed by atoms with Gasteiger partial charge in [0.05, 0.1) is 11.4 Å². The van der Waals surface area contributed by atoms with Gasteiger partial charge in [-0.25, -0.2) is 0 Å². The Labute approximate surface area is 129 Å². The van der Waals surface area contributed by atoms with Crippen LogP contribution in [0.4, 0.5) is 11.4 Å². The molecule has 2 nitrogen and oxygen atoms in total. The van der Waals surface area contributed by atoms with Crippen molar-refractivity contribution in [3.8, 4) is 0 Å². The van der Waals surface area contributed by atoms with E-state index in [1.54, 1.807) is 0 Å². The summed E-state index contributed by atoms with van der Waals surface area (Å²) in [6.45, 7) is 5.31. The van der Waals surface area contributed by atoms with Gasteiger partial charge in [-0.1, -0.05) is 54.0 Å². The number of hydrogen-bond donors (Lipinski definition) is 2. The molecule has 0 aliphatic rings. The smallest absolute Gasteiger partial charge is 0.0574 e. The zero-order valence-electron chi connectivity index (χ0n) is 12.0. The monoisotopic (exact) mass is 332 g/mol. The van der Waals surface area contributed by atoms with E-state index in [1.165, 1.54) is 11.1 Å². The van der Waals surface area contributed by atoms with E-state index in [0.29, 0.717) is 5.92 Å². The van der Waals surface area contributed by atoms with Crippen molar-refractivity contribution >= 4 is 27.3 Å². The van der Waals surface area contributed by atoms with Crippen molar-refractivity contribution in [1.82, 2.24) is 0 Å². The molecule has 2 aromatic carbocycles. The maximum atomic E-state index is 5.96. The molecule has 0 saturated carbocycles. The van der Waals surface area contributed by atoms with E-state index in [-0.39, 0.29) is 0 Å². The van der Waals surface area contributed by atoms with E-state index < -0.39 is 0 Å². The summed E-state index contributed by atoms with van der Waals surface area (Å²) in [6.07, 6.45) is 0.994. The minimum absolute atomic E-state index is 0.588. The molecule has 0 unspecified atom stereocenters. The number of rotatable bonds is 5. The van der Waals surface area contributed by atoms with Gasteiger partial charge in [-0.3, -0.25) is 0 Å². The van der Waals surface area contributed by atoms with E-state index in [0.717, 1.165) is 28.8 Å². The second-order valence-corrected chi connectivity index (χ2v) is 6.22. The van der Waals surface area contributed by atoms with Crippen molar-refractivity contribution in [2.75, 3.05) is 17.6 Å². The van der Waals surface area contributed by atoms with Crippen LogP contribution in [0.15, 0.2) is 46.9 Å². The number of nitrogen functional groups attached to an aromatic ring is 1. The Balaban J connectivity index is 1.89. The highest BCUT2D eigenvalue weighted by Crippen LogP contribution is 2.23. The van der Waals surface area contributed by atoms with E-state index in [4.69, 9.17) is 5.73 Å². The quantitative estimate of drug-likeness (QED) is 0.771. The average Bonchev–Trinajstić information content (AvgIpc) is 2.42. The molecule has 0 atom stereocenters. The average molecular weight is 333 g/mol. The minimum atomic E-state index is 0.588. The third kappa shape index (κ3) is 4.01. The van der Waals surface area contributed by atoms with Gasteiger partial charge >= 0.3 is 0 Å². The van der Waals surface area contributed by atoms with Crippen LogP contribution in [0.2, 0.25) is 0 Å². The maximum absolute atomic E-state index is 5.96. The lowest BCUT2D eigenvalue weighted by Crippen LogP contribution is -2.06. The fraction of sp³-hybridized carbons (Fsp3) is 0.294. The maximum Gasteiger partial charge on any atom is 0.0574 e. The Kier molecular flexibility index (Phi) is 5.07. The zero-order valence-corrected chi connectivity index (χ0v) is 13.6. The van der Waals surface area contributed by atoms with Gasteiger partial charge < -0.3 is 11.1 Å². The molecule has 2 aromatic rings. The van der Waals surface area contributed by atoms with Crippen LogP contribution in [-0.2, 0) is 6.42 Å². The number of nitrogens with two attached hydrogens (primary N) is 1. The normalized spacial score (nSPS) is 10.8. The number of hydrogen-bond acceptors (Lipinski definition) is 2. The molecule has 0 aromatic heterocycles. The van der Waals surface area contributed by atoms with Gasteiger partial charge in [0, 0.05) is 11.0 Å². The molecule has 2 rings (SSSR count). The first-order valence-corrected chi connectivity index (χ1v) is 7.73. The summed E-state index contributed by atoms with van der Waals surface area (Å²) in [5.41, 5.74) is 10.5. The molecule has 0 bridgehead atoms. The van der Waals surface area contributed by atoms with Gasteiger partial charge in [-0.15, -0.1) is 0 Å². The first-order valence-electron chi connectivity index (χ1n) is 6.94. The summed E-state index contributed by atoms with van der Waals surface area (Å²) in [5, 5.41) is 3.38. The van der Waals surface area contributed by atoms with Crippen LogP contribution in [0.5, 0.6) is 0 Å². The summed E-state index contributed by atoms with van der Waals surface area (Å²) < 4.78 is 1.00. The molecule has 0 saturated heterocycles. The Hall–Kier alpha value is -1.48. The molecule has 0 amide bonds. The molecule has 106 valence electrons. The van der Waals surface area contributed by atoms with Crippen LogP contribution in [0.25, 0.3) is 0 Å². The van der Waals surface area contributed by atoms with E-state index in [2.05, 4.69) is 59.4 Å². The number of nitrogens with one attached hydrogen (secondary N) is 1. The largest absolute Gasteiger partial charge is 0.397 e. The van der Waals surface area contributed by atoms with Crippen molar-refractivity contribution in [2.24, 2.45) is 0 Å². The Morgan fingerprint density at radius 1 is 1.10 bits per heavy atom. The van der Waals surface area contributed by atoms with Crippen LogP contribution in [0.3, 0.4) is 0 Å². The fourth-order valence-electron chi connectivity index (χ4n) is 2.11. The summed E-state index contributed by atoms with van der Waals surface area (Å²) in [6, 6.07) is 14.8. The lowest BCUT2D eigenvalue weighted by molar-refractivity contribution is 0.864. The first-order chi connectivity index (χ1) is 9.56. The zero-order chi connectivity index (χ0) is 14.5. The number of halogens is 1. The third-order valence-electron chi connectivity index (χ3n) is 3.39. The highest BCUT2D eigenvalue weighted by Gasteiger charge is 2.01. The van der Waals surface area contributed by atoms with Crippen molar-refractivity contribution < 1.29 is 0 Å². The van der Waals surface area contributed by atoms with Crippen LogP contribution in [0.1, 0.15) is 30.9 Å². The molecule has 0 aliphatic carbocycles. The number of anilines is 2. The minimum Gasteiger partial charge on any atom is -0.397 e. The molecule has 3 N–H and O–H groups in total. The Morgan fingerprint density at radius 3 is 2.40 bits per heavy atom. The second-order valence-electron chi connectivity index (χ2n) is 5.30. The third-order valence-corrected chi connectivity index (χ3v) is 3.88. The Morgan fingerprint density at radius 2 is 1.80 bits per heavy atom. The van der Waals surface area contributed by atoms with E-state index in [9.17, 15) is 0 Å². The fourth-order valence-corrected chi connectivity index (χ4v) is 2.48. The van der Waals surface area contributed by atoms with Gasteiger partial charge in [0.1, 0.15) is 0 Å². The predicted molar refractivity (Wildman–Crippen MR) is 91.3 cm³/mol. The summed E-state index contributed by atoms with van der Waals surface area (Å²) in [4.78, 5) is 0. The summed E-state index contributed by atoms with van der Waals surface area (Å²) in [7, 11) is 0. The van der Waals surface area contributed by atoms with Crippen LogP contribution in [0, 0.1) is 0 Å². The lowest BCUT2D eigenvalue weighted by Gasteiger charge is -2.10. The van der Waals surface area contributed by atoms with Crippen molar-refractivity contribution in [3.63, 3.8) is 0 Å². The molecular formula is C17H21BrN2. The van der Waals surface area contributed by atoms with Crippen molar-refractivity contribution in [3.05, 3.63) is 58.1 Å². The molecule has 0 heterocycles. The molecular weight excluding hydrogens is 312 g/mol. The van der Waals surface area contributed by atoms with E-state index in [1.807, 2.05) is 18.2 Å². The second kappa shape index (κ2) is 6.80.